The van der Waals surface area contributed by atoms with Gasteiger partial charge in [0.25, 0.3) is 0 Å². The molecule has 0 aliphatic rings. The number of ether oxygens (including phenoxy) is 8. The molecule has 1 aromatic carbocycles. The summed E-state index contributed by atoms with van der Waals surface area (Å²) < 4.78 is 41.8. The summed E-state index contributed by atoms with van der Waals surface area (Å²) in [6.07, 6.45) is -0.229. The lowest BCUT2D eigenvalue weighted by molar-refractivity contribution is -0.141. The van der Waals surface area contributed by atoms with Gasteiger partial charge in [0.1, 0.15) is 6.61 Å². The zero-order valence-corrected chi connectivity index (χ0v) is 20.6. The molecule has 0 saturated carbocycles. The molecule has 0 heterocycles. The first-order valence-electron chi connectivity index (χ1n) is 11.7. The molecule has 11 nitrogen and oxygen atoms in total. The Morgan fingerprint density at radius 2 is 1.11 bits per heavy atom. The topological polar surface area (TPSA) is 120 Å². The first-order valence-corrected chi connectivity index (χ1v) is 11.7. The van der Waals surface area contributed by atoms with E-state index in [1.165, 1.54) is 7.11 Å². The summed E-state index contributed by atoms with van der Waals surface area (Å²) in [7, 11) is 1.35. The Hall–Kier alpha value is -2.28. The van der Waals surface area contributed by atoms with Crippen molar-refractivity contribution in [2.45, 2.75) is 13.0 Å². The molecule has 11 heteroatoms. The van der Waals surface area contributed by atoms with Crippen molar-refractivity contribution in [1.29, 1.82) is 0 Å². The van der Waals surface area contributed by atoms with Gasteiger partial charge in [0.05, 0.1) is 92.8 Å². The number of methoxy groups -OCH3 is 1. The van der Waals surface area contributed by atoms with Gasteiger partial charge in [-0.3, -0.25) is 4.79 Å². The van der Waals surface area contributed by atoms with Gasteiger partial charge in [-0.05, 0) is 5.56 Å². The molecule has 1 rings (SSSR count). The number of nitrogens with one attached hydrogen (secondary N) is 1. The molecule has 0 radical (unpaired) electrons. The maximum Gasteiger partial charge on any atom is 0.407 e. The molecule has 0 saturated heterocycles. The number of rotatable bonds is 23. The molecule has 0 spiro atoms. The second-order valence-corrected chi connectivity index (χ2v) is 6.99. The Kier molecular flexibility index (Phi) is 20.6. The van der Waals surface area contributed by atoms with Gasteiger partial charge >= 0.3 is 12.1 Å². The van der Waals surface area contributed by atoms with Crippen LogP contribution >= 0.6 is 0 Å². The van der Waals surface area contributed by atoms with Crippen molar-refractivity contribution in [3.05, 3.63) is 35.9 Å². The quantitative estimate of drug-likeness (QED) is 0.175. The third-order valence-corrected chi connectivity index (χ3v) is 4.27. The van der Waals surface area contributed by atoms with Gasteiger partial charge in [-0.25, -0.2) is 4.79 Å². The van der Waals surface area contributed by atoms with E-state index in [1.54, 1.807) is 0 Å². The standard InChI is InChI=1S/C24H39NO10/c1-28-23(26)7-9-29-11-13-31-15-17-33-19-20-34-18-16-32-14-12-30-10-8-25-24(27)35-21-22-5-3-2-4-6-22/h2-6H,7-21H2,1H3,(H,25,27). The summed E-state index contributed by atoms with van der Waals surface area (Å²) >= 11 is 0. The summed E-state index contributed by atoms with van der Waals surface area (Å²) in [5.74, 6) is -0.289. The van der Waals surface area contributed by atoms with Crippen LogP contribution in [0.5, 0.6) is 0 Å². The van der Waals surface area contributed by atoms with Crippen LogP contribution in [0.4, 0.5) is 4.79 Å². The molecule has 1 amide bonds. The van der Waals surface area contributed by atoms with Gasteiger partial charge in [0, 0.05) is 6.54 Å². The number of carbonyl (C=O) groups excluding carboxylic acids is 2. The Labute approximate surface area is 207 Å². The molecule has 35 heavy (non-hydrogen) atoms. The van der Waals surface area contributed by atoms with Gasteiger partial charge in [0.15, 0.2) is 0 Å². The molecule has 1 N–H and O–H groups in total. The van der Waals surface area contributed by atoms with E-state index in [2.05, 4.69) is 10.1 Å². The number of hydrogen-bond donors (Lipinski definition) is 1. The number of hydrogen-bond acceptors (Lipinski definition) is 10. The smallest absolute Gasteiger partial charge is 0.407 e. The van der Waals surface area contributed by atoms with E-state index in [4.69, 9.17) is 33.2 Å². The highest BCUT2D eigenvalue weighted by Crippen LogP contribution is 2.00. The van der Waals surface area contributed by atoms with Crippen molar-refractivity contribution < 1.29 is 47.5 Å². The minimum absolute atomic E-state index is 0.238. The number of esters is 1. The average Bonchev–Trinajstić information content (AvgIpc) is 2.88. The lowest BCUT2D eigenvalue weighted by atomic mass is 10.2. The highest BCUT2D eigenvalue weighted by Gasteiger charge is 2.02. The molecular formula is C24H39NO10. The fraction of sp³-hybridized carbons (Fsp3) is 0.667. The first-order chi connectivity index (χ1) is 17.2. The van der Waals surface area contributed by atoms with Crippen molar-refractivity contribution in [3.8, 4) is 0 Å². The lowest BCUT2D eigenvalue weighted by Gasteiger charge is -2.09. The van der Waals surface area contributed by atoms with Crippen LogP contribution in [0.2, 0.25) is 0 Å². The second kappa shape index (κ2) is 23.5. The highest BCUT2D eigenvalue weighted by atomic mass is 16.6. The summed E-state index contributed by atoms with van der Waals surface area (Å²) in [4.78, 5) is 22.5. The van der Waals surface area contributed by atoms with E-state index < -0.39 is 6.09 Å². The van der Waals surface area contributed by atoms with E-state index in [1.807, 2.05) is 30.3 Å². The van der Waals surface area contributed by atoms with Crippen LogP contribution < -0.4 is 5.32 Å². The zero-order chi connectivity index (χ0) is 25.2. The molecule has 1 aromatic rings. The minimum atomic E-state index is -0.471. The van der Waals surface area contributed by atoms with Crippen molar-refractivity contribution in [2.24, 2.45) is 0 Å². The van der Waals surface area contributed by atoms with Gasteiger partial charge in [0.2, 0.25) is 0 Å². The molecule has 0 aliphatic carbocycles. The first kappa shape index (κ1) is 30.8. The fourth-order valence-corrected chi connectivity index (χ4v) is 2.46. The Morgan fingerprint density at radius 3 is 1.60 bits per heavy atom. The second-order valence-electron chi connectivity index (χ2n) is 6.99. The molecule has 0 atom stereocenters. The van der Waals surface area contributed by atoms with Crippen molar-refractivity contribution in [1.82, 2.24) is 5.32 Å². The number of benzene rings is 1. The maximum absolute atomic E-state index is 11.6. The van der Waals surface area contributed by atoms with Crippen LogP contribution in [-0.2, 0) is 49.3 Å². The lowest BCUT2D eigenvalue weighted by Crippen LogP contribution is -2.28. The van der Waals surface area contributed by atoms with Crippen molar-refractivity contribution in [2.75, 3.05) is 92.9 Å². The summed E-state index contributed by atoms with van der Waals surface area (Å²) in [5.41, 5.74) is 0.936. The van der Waals surface area contributed by atoms with Gasteiger partial charge in [-0.1, -0.05) is 30.3 Å². The monoisotopic (exact) mass is 501 g/mol. The van der Waals surface area contributed by atoms with Gasteiger partial charge in [-0.15, -0.1) is 0 Å². The normalized spacial score (nSPS) is 10.8. The Morgan fingerprint density at radius 1 is 0.657 bits per heavy atom. The minimum Gasteiger partial charge on any atom is -0.469 e. The Bertz CT molecular complexity index is 632. The van der Waals surface area contributed by atoms with E-state index in [0.29, 0.717) is 85.8 Å². The maximum atomic E-state index is 11.6. The van der Waals surface area contributed by atoms with Crippen LogP contribution in [-0.4, -0.2) is 105 Å². The molecule has 0 bridgehead atoms. The molecule has 0 aromatic heterocycles. The predicted molar refractivity (Wildman–Crippen MR) is 126 cm³/mol. The van der Waals surface area contributed by atoms with Crippen LogP contribution in [0.1, 0.15) is 12.0 Å². The van der Waals surface area contributed by atoms with Crippen LogP contribution in [0.25, 0.3) is 0 Å². The van der Waals surface area contributed by atoms with E-state index in [0.717, 1.165) is 5.56 Å². The third-order valence-electron chi connectivity index (χ3n) is 4.27. The molecule has 0 fully saturated rings. The molecule has 0 unspecified atom stereocenters. The number of carbonyl (C=O) groups is 2. The number of amides is 1. The van der Waals surface area contributed by atoms with Gasteiger partial charge < -0.3 is 43.2 Å². The summed E-state index contributed by atoms with van der Waals surface area (Å²) in [6.45, 7) is 5.88. The van der Waals surface area contributed by atoms with E-state index in [9.17, 15) is 9.59 Å². The Balaban J connectivity index is 1.70. The SMILES string of the molecule is COC(=O)CCOCCOCCOCCOCCOCCOCCNC(=O)OCc1ccccc1. The van der Waals surface area contributed by atoms with Gasteiger partial charge in [-0.2, -0.15) is 0 Å². The highest BCUT2D eigenvalue weighted by molar-refractivity contribution is 5.69. The summed E-state index contributed by atoms with van der Waals surface area (Å²) in [5, 5.41) is 2.63. The predicted octanol–water partition coefficient (Wildman–Crippen LogP) is 1.58. The van der Waals surface area contributed by atoms with Crippen molar-refractivity contribution in [3.63, 3.8) is 0 Å². The molecule has 0 aliphatic heterocycles. The average molecular weight is 502 g/mol. The number of alkyl carbamates (subject to hydrolysis) is 1. The molecular weight excluding hydrogens is 462 g/mol. The zero-order valence-electron chi connectivity index (χ0n) is 20.6. The van der Waals surface area contributed by atoms with Crippen molar-refractivity contribution >= 4 is 12.1 Å². The van der Waals surface area contributed by atoms with Crippen LogP contribution in [0.15, 0.2) is 30.3 Å². The van der Waals surface area contributed by atoms with Crippen LogP contribution in [0.3, 0.4) is 0 Å². The van der Waals surface area contributed by atoms with E-state index in [-0.39, 0.29) is 19.0 Å². The van der Waals surface area contributed by atoms with E-state index >= 15 is 0 Å². The fourth-order valence-electron chi connectivity index (χ4n) is 2.46. The largest absolute Gasteiger partial charge is 0.469 e. The summed E-state index contributed by atoms with van der Waals surface area (Å²) in [6, 6.07) is 9.48. The van der Waals surface area contributed by atoms with Crippen LogP contribution in [0, 0.1) is 0 Å². The molecule has 200 valence electrons. The third kappa shape index (κ3) is 20.8.